The molecule has 0 saturated carbocycles. The summed E-state index contributed by atoms with van der Waals surface area (Å²) >= 11 is 0. The second kappa shape index (κ2) is 9.05. The summed E-state index contributed by atoms with van der Waals surface area (Å²) in [6, 6.07) is 1.48. The van der Waals surface area contributed by atoms with Gasteiger partial charge < -0.3 is 16.2 Å². The van der Waals surface area contributed by atoms with Crippen molar-refractivity contribution in [1.29, 1.82) is 0 Å². The van der Waals surface area contributed by atoms with Crippen molar-refractivity contribution >= 4 is 11.8 Å². The molecule has 9 nitrogen and oxygen atoms in total. The predicted molar refractivity (Wildman–Crippen MR) is 92.5 cm³/mol. The highest BCUT2D eigenvalue weighted by molar-refractivity contribution is 5.91. The molecule has 0 aliphatic rings. The van der Waals surface area contributed by atoms with Gasteiger partial charge in [0.1, 0.15) is 18.2 Å². The number of unbranched alkanes of at least 4 members (excludes halogenated alkanes) is 2. The Morgan fingerprint density at radius 1 is 1.37 bits per heavy atom. The van der Waals surface area contributed by atoms with E-state index in [9.17, 15) is 23.1 Å². The number of alkyl halides is 3. The molecule has 0 aliphatic heterocycles. The van der Waals surface area contributed by atoms with Crippen molar-refractivity contribution in [3.63, 3.8) is 0 Å². The Morgan fingerprint density at radius 3 is 2.81 bits per heavy atom. The lowest BCUT2D eigenvalue weighted by Gasteiger charge is -2.07. The molecule has 0 atom stereocenters. The van der Waals surface area contributed by atoms with Crippen molar-refractivity contribution in [3.8, 4) is 5.88 Å². The molecule has 27 heavy (non-hydrogen) atoms. The Hall–Kier alpha value is -3.05. The number of hydrogen-bond acceptors (Lipinski definition) is 5. The van der Waals surface area contributed by atoms with Gasteiger partial charge >= 0.3 is 11.9 Å². The number of halogens is 3. The van der Waals surface area contributed by atoms with E-state index in [2.05, 4.69) is 25.3 Å². The molecule has 0 aromatic carbocycles. The standard InChI is InChI=1S/C15H20F3N7O2/c16-15(17,18)9-21-13(19)23-11-5-6-20-10(22-11)4-2-1-3-7-25-8-12(26)24-14(25)27/h5-6,8,26H,1-4,7,9H2,(H,24,27)(H3,19,20,21,22,23). The highest BCUT2D eigenvalue weighted by atomic mass is 19.4. The fraction of sp³-hybridized carbons (Fsp3) is 0.467. The van der Waals surface area contributed by atoms with Gasteiger partial charge in [-0.15, -0.1) is 0 Å². The van der Waals surface area contributed by atoms with Gasteiger partial charge in [-0.1, -0.05) is 6.42 Å². The molecule has 0 unspecified atom stereocenters. The molecule has 0 amide bonds. The zero-order valence-corrected chi connectivity index (χ0v) is 14.3. The third-order valence-electron chi connectivity index (χ3n) is 3.46. The summed E-state index contributed by atoms with van der Waals surface area (Å²) in [5.41, 5.74) is 5.04. The number of aromatic nitrogens is 4. The number of imidazole rings is 1. The minimum absolute atomic E-state index is 0.171. The van der Waals surface area contributed by atoms with Crippen molar-refractivity contribution in [2.75, 3.05) is 11.9 Å². The van der Waals surface area contributed by atoms with E-state index in [1.54, 1.807) is 0 Å². The van der Waals surface area contributed by atoms with Crippen molar-refractivity contribution in [2.24, 2.45) is 10.7 Å². The summed E-state index contributed by atoms with van der Waals surface area (Å²) in [6.07, 6.45) is 1.23. The second-order valence-corrected chi connectivity index (χ2v) is 5.75. The second-order valence-electron chi connectivity index (χ2n) is 5.75. The van der Waals surface area contributed by atoms with Crippen LogP contribution in [0.5, 0.6) is 5.88 Å². The molecule has 0 aliphatic carbocycles. The number of aliphatic imine (C=N–C) groups is 1. The highest BCUT2D eigenvalue weighted by Crippen LogP contribution is 2.14. The number of hydrogen-bond donors (Lipinski definition) is 4. The summed E-state index contributed by atoms with van der Waals surface area (Å²) in [7, 11) is 0. The molecular weight excluding hydrogens is 367 g/mol. The summed E-state index contributed by atoms with van der Waals surface area (Å²) in [5, 5.41) is 11.7. The van der Waals surface area contributed by atoms with E-state index in [0.29, 0.717) is 18.8 Å². The van der Waals surface area contributed by atoms with Crippen LogP contribution in [0.2, 0.25) is 0 Å². The number of nitrogens with zero attached hydrogens (tertiary/aromatic N) is 4. The van der Waals surface area contributed by atoms with Crippen molar-refractivity contribution in [2.45, 2.75) is 38.4 Å². The Labute approximate surface area is 152 Å². The topological polar surface area (TPSA) is 134 Å². The van der Waals surface area contributed by atoms with E-state index in [-0.39, 0.29) is 23.3 Å². The maximum absolute atomic E-state index is 12.1. The minimum atomic E-state index is -4.42. The van der Waals surface area contributed by atoms with Gasteiger partial charge in [0.15, 0.2) is 5.96 Å². The lowest BCUT2D eigenvalue weighted by Crippen LogP contribution is -2.26. The normalized spacial score (nSPS) is 12.3. The predicted octanol–water partition coefficient (Wildman–Crippen LogP) is 1.37. The van der Waals surface area contributed by atoms with Gasteiger partial charge in [0.05, 0.1) is 6.20 Å². The van der Waals surface area contributed by atoms with Crippen molar-refractivity contribution < 1.29 is 18.3 Å². The summed E-state index contributed by atoms with van der Waals surface area (Å²) in [5.74, 6) is 0.228. The van der Waals surface area contributed by atoms with Gasteiger partial charge in [-0.05, 0) is 18.9 Å². The van der Waals surface area contributed by atoms with Crippen LogP contribution in [-0.2, 0) is 13.0 Å². The Kier molecular flexibility index (Phi) is 6.79. The van der Waals surface area contributed by atoms with Gasteiger partial charge in [-0.25, -0.2) is 19.8 Å². The number of aromatic hydroxyl groups is 1. The van der Waals surface area contributed by atoms with E-state index < -0.39 is 12.7 Å². The first-order chi connectivity index (χ1) is 12.7. The van der Waals surface area contributed by atoms with Gasteiger partial charge in [-0.2, -0.15) is 13.2 Å². The fourth-order valence-corrected chi connectivity index (χ4v) is 2.26. The number of guanidine groups is 1. The van der Waals surface area contributed by atoms with Crippen LogP contribution < -0.4 is 16.7 Å². The third kappa shape index (κ3) is 7.38. The molecule has 2 rings (SSSR count). The first-order valence-corrected chi connectivity index (χ1v) is 8.17. The number of aryl methyl sites for hydroxylation is 2. The molecule has 2 aromatic rings. The van der Waals surface area contributed by atoms with Crippen molar-refractivity contribution in [3.05, 3.63) is 34.8 Å². The number of aromatic amines is 1. The molecule has 5 N–H and O–H groups in total. The van der Waals surface area contributed by atoms with Crippen LogP contribution in [0, 0.1) is 0 Å². The maximum Gasteiger partial charge on any atom is 0.408 e. The van der Waals surface area contributed by atoms with E-state index >= 15 is 0 Å². The average Bonchev–Trinajstić information content (AvgIpc) is 2.90. The van der Waals surface area contributed by atoms with Gasteiger partial charge in [-0.3, -0.25) is 9.55 Å². The molecular formula is C15H20F3N7O2. The first-order valence-electron chi connectivity index (χ1n) is 8.17. The molecule has 0 spiro atoms. The van der Waals surface area contributed by atoms with Crippen LogP contribution in [0.3, 0.4) is 0 Å². The fourth-order valence-electron chi connectivity index (χ4n) is 2.26. The number of nitrogens with one attached hydrogen (secondary N) is 2. The van der Waals surface area contributed by atoms with E-state index in [1.807, 2.05) is 0 Å². The van der Waals surface area contributed by atoms with Gasteiger partial charge in [0, 0.05) is 19.2 Å². The molecule has 148 valence electrons. The first kappa shape index (κ1) is 20.3. The largest absolute Gasteiger partial charge is 0.493 e. The molecule has 2 heterocycles. The smallest absolute Gasteiger partial charge is 0.408 e. The van der Waals surface area contributed by atoms with E-state index in [4.69, 9.17) is 5.73 Å². The van der Waals surface area contributed by atoms with Crippen LogP contribution in [-0.4, -0.2) is 43.3 Å². The molecule has 12 heteroatoms. The SMILES string of the molecule is NC(=NCC(F)(F)F)Nc1ccnc(CCCCCn2cc(O)[nH]c2=O)n1. The number of anilines is 1. The quantitative estimate of drug-likeness (QED) is 0.307. The zero-order chi connectivity index (χ0) is 19.9. The van der Waals surface area contributed by atoms with E-state index in [1.165, 1.54) is 23.0 Å². The minimum Gasteiger partial charge on any atom is -0.493 e. The highest BCUT2D eigenvalue weighted by Gasteiger charge is 2.26. The summed E-state index contributed by atoms with van der Waals surface area (Å²) < 4.78 is 37.7. The number of rotatable bonds is 8. The van der Waals surface area contributed by atoms with E-state index in [0.717, 1.165) is 19.3 Å². The Balaban J connectivity index is 1.76. The van der Waals surface area contributed by atoms with Crippen LogP contribution in [0.4, 0.5) is 19.0 Å². The summed E-state index contributed by atoms with van der Waals surface area (Å²) in [4.78, 5) is 25.1. The lowest BCUT2D eigenvalue weighted by molar-refractivity contribution is -0.118. The lowest BCUT2D eigenvalue weighted by atomic mass is 10.2. The molecule has 2 aromatic heterocycles. The molecule has 0 fully saturated rings. The van der Waals surface area contributed by atoms with Crippen LogP contribution >= 0.6 is 0 Å². The Morgan fingerprint density at radius 2 is 2.15 bits per heavy atom. The van der Waals surface area contributed by atoms with Crippen LogP contribution in [0.25, 0.3) is 0 Å². The maximum atomic E-state index is 12.1. The molecule has 0 radical (unpaired) electrons. The number of nitrogens with two attached hydrogens (primary N) is 1. The van der Waals surface area contributed by atoms with Crippen LogP contribution in [0.1, 0.15) is 25.1 Å². The third-order valence-corrected chi connectivity index (χ3v) is 3.46. The zero-order valence-electron chi connectivity index (χ0n) is 14.3. The average molecular weight is 387 g/mol. The van der Waals surface area contributed by atoms with Gasteiger partial charge in [0.2, 0.25) is 5.88 Å². The monoisotopic (exact) mass is 387 g/mol. The van der Waals surface area contributed by atoms with Gasteiger partial charge in [0.25, 0.3) is 0 Å². The molecule has 0 saturated heterocycles. The van der Waals surface area contributed by atoms with Crippen molar-refractivity contribution in [1.82, 2.24) is 19.5 Å². The number of H-pyrrole nitrogens is 1. The Bertz CT molecular complexity index is 829. The van der Waals surface area contributed by atoms with Crippen LogP contribution in [0.15, 0.2) is 28.2 Å². The molecule has 0 bridgehead atoms. The summed E-state index contributed by atoms with van der Waals surface area (Å²) in [6.45, 7) is -0.893.